The van der Waals surface area contributed by atoms with Crippen LogP contribution in [0.4, 0.5) is 8.78 Å². The van der Waals surface area contributed by atoms with Crippen molar-refractivity contribution in [2.75, 3.05) is 6.54 Å². The van der Waals surface area contributed by atoms with E-state index in [1.807, 2.05) is 12.2 Å². The number of alkyl halides is 2. The van der Waals surface area contributed by atoms with Crippen molar-refractivity contribution in [3.63, 3.8) is 0 Å². The molecule has 0 saturated heterocycles. The maximum Gasteiger partial charge on any atom is 0.255 e. The second kappa shape index (κ2) is 6.35. The molecule has 0 aliphatic rings. The predicted octanol–water partition coefficient (Wildman–Crippen LogP) is 1.31. The molecule has 0 bridgehead atoms. The molecule has 1 atom stereocenters. The number of nitrogens with zero attached hydrogens (tertiary/aromatic N) is 1. The minimum atomic E-state index is -2.56. The first-order valence-corrected chi connectivity index (χ1v) is 4.07. The third kappa shape index (κ3) is 5.12. The van der Waals surface area contributed by atoms with Crippen molar-refractivity contribution in [3.8, 4) is 6.07 Å². The third-order valence-corrected chi connectivity index (χ3v) is 1.48. The minimum Gasteiger partial charge on any atom is -0.349 e. The summed E-state index contributed by atoms with van der Waals surface area (Å²) in [5.41, 5.74) is 0. The highest BCUT2D eigenvalue weighted by molar-refractivity contribution is 5.80. The van der Waals surface area contributed by atoms with E-state index in [0.717, 1.165) is 0 Å². The molecule has 0 rings (SSSR count). The lowest BCUT2D eigenvalue weighted by atomic mass is 10.1. The van der Waals surface area contributed by atoms with Gasteiger partial charge < -0.3 is 5.32 Å². The summed E-state index contributed by atoms with van der Waals surface area (Å²) >= 11 is 0. The van der Waals surface area contributed by atoms with Crippen LogP contribution in [0.5, 0.6) is 0 Å². The maximum absolute atomic E-state index is 11.7. The highest BCUT2D eigenvalue weighted by Gasteiger charge is 2.17. The molecular formula is C8H12F2N2O. The van der Waals surface area contributed by atoms with Crippen molar-refractivity contribution in [3.05, 3.63) is 0 Å². The Bertz CT molecular complexity index is 201. The molecule has 0 aliphatic heterocycles. The van der Waals surface area contributed by atoms with E-state index in [-0.39, 0.29) is 0 Å². The van der Waals surface area contributed by atoms with E-state index in [1.165, 1.54) is 0 Å². The van der Waals surface area contributed by atoms with E-state index in [2.05, 4.69) is 0 Å². The number of carbonyl (C=O) groups excluding carboxylic acids is 1. The van der Waals surface area contributed by atoms with Gasteiger partial charge in [-0.1, -0.05) is 13.3 Å². The van der Waals surface area contributed by atoms with Gasteiger partial charge in [-0.3, -0.25) is 4.79 Å². The summed E-state index contributed by atoms with van der Waals surface area (Å²) in [7, 11) is 0. The van der Waals surface area contributed by atoms with Crippen LogP contribution in [-0.4, -0.2) is 18.9 Å². The third-order valence-electron chi connectivity index (χ3n) is 1.48. The largest absolute Gasteiger partial charge is 0.349 e. The molecule has 1 N–H and O–H groups in total. The summed E-state index contributed by atoms with van der Waals surface area (Å²) in [6, 6.07) is 1.77. The van der Waals surface area contributed by atoms with E-state index < -0.39 is 24.8 Å². The zero-order valence-electron chi connectivity index (χ0n) is 7.39. The first kappa shape index (κ1) is 11.8. The molecule has 0 aliphatic carbocycles. The Labute approximate surface area is 75.7 Å². The SMILES string of the molecule is CCCC(C#N)C(=O)NCC(F)F. The highest BCUT2D eigenvalue weighted by atomic mass is 19.3. The van der Waals surface area contributed by atoms with Crippen molar-refractivity contribution in [2.24, 2.45) is 5.92 Å². The zero-order valence-corrected chi connectivity index (χ0v) is 7.39. The van der Waals surface area contributed by atoms with Gasteiger partial charge in [-0.05, 0) is 6.42 Å². The second-order valence-corrected chi connectivity index (χ2v) is 2.61. The van der Waals surface area contributed by atoms with E-state index in [4.69, 9.17) is 5.26 Å². The van der Waals surface area contributed by atoms with Crippen LogP contribution >= 0.6 is 0 Å². The van der Waals surface area contributed by atoms with Gasteiger partial charge in [0.25, 0.3) is 6.43 Å². The average Bonchev–Trinajstić information content (AvgIpc) is 2.10. The van der Waals surface area contributed by atoms with Gasteiger partial charge in [0.15, 0.2) is 0 Å². The fourth-order valence-corrected chi connectivity index (χ4v) is 0.844. The van der Waals surface area contributed by atoms with E-state index in [9.17, 15) is 13.6 Å². The van der Waals surface area contributed by atoms with Crippen LogP contribution in [0.15, 0.2) is 0 Å². The Morgan fingerprint density at radius 3 is 2.62 bits per heavy atom. The summed E-state index contributed by atoms with van der Waals surface area (Å²) in [4.78, 5) is 11.0. The molecule has 1 unspecified atom stereocenters. The van der Waals surface area contributed by atoms with E-state index >= 15 is 0 Å². The van der Waals surface area contributed by atoms with Gasteiger partial charge in [0, 0.05) is 0 Å². The maximum atomic E-state index is 11.7. The first-order chi connectivity index (χ1) is 6.11. The number of hydrogen-bond donors (Lipinski definition) is 1. The van der Waals surface area contributed by atoms with Gasteiger partial charge in [0.2, 0.25) is 5.91 Å². The molecule has 1 amide bonds. The standard InChI is InChI=1S/C8H12F2N2O/c1-2-3-6(4-11)8(13)12-5-7(9)10/h6-7H,2-3,5H2,1H3,(H,12,13). The predicted molar refractivity (Wildman–Crippen MR) is 43.0 cm³/mol. The first-order valence-electron chi connectivity index (χ1n) is 4.07. The molecule has 3 nitrogen and oxygen atoms in total. The molecule has 74 valence electrons. The number of halogens is 2. The molecule has 0 radical (unpaired) electrons. The lowest BCUT2D eigenvalue weighted by Gasteiger charge is -2.07. The second-order valence-electron chi connectivity index (χ2n) is 2.61. The van der Waals surface area contributed by atoms with Crippen molar-refractivity contribution in [2.45, 2.75) is 26.2 Å². The summed E-state index contributed by atoms with van der Waals surface area (Å²) in [6.45, 7) is 1.14. The highest BCUT2D eigenvalue weighted by Crippen LogP contribution is 2.04. The van der Waals surface area contributed by atoms with Gasteiger partial charge in [0.05, 0.1) is 12.6 Å². The zero-order chi connectivity index (χ0) is 10.3. The lowest BCUT2D eigenvalue weighted by Crippen LogP contribution is -2.33. The van der Waals surface area contributed by atoms with Crippen LogP contribution in [0.1, 0.15) is 19.8 Å². The molecule has 0 fully saturated rings. The summed E-state index contributed by atoms with van der Waals surface area (Å²) in [6.07, 6.45) is -1.48. The Kier molecular flexibility index (Phi) is 5.77. The number of carbonyl (C=O) groups is 1. The topological polar surface area (TPSA) is 52.9 Å². The van der Waals surface area contributed by atoms with Gasteiger partial charge in [-0.15, -0.1) is 0 Å². The number of rotatable bonds is 5. The minimum absolute atomic E-state index is 0.408. The molecule has 0 heterocycles. The molecule has 0 saturated carbocycles. The summed E-state index contributed by atoms with van der Waals surface area (Å²) in [5.74, 6) is -1.41. The summed E-state index contributed by atoms with van der Waals surface area (Å²) < 4.78 is 23.3. The Morgan fingerprint density at radius 1 is 1.62 bits per heavy atom. The van der Waals surface area contributed by atoms with Crippen LogP contribution in [0.25, 0.3) is 0 Å². The smallest absolute Gasteiger partial charge is 0.255 e. The van der Waals surface area contributed by atoms with Crippen molar-refractivity contribution in [1.82, 2.24) is 5.32 Å². The molecule has 0 spiro atoms. The Balaban J connectivity index is 3.86. The Hall–Kier alpha value is -1.18. The van der Waals surface area contributed by atoms with Gasteiger partial charge in [-0.2, -0.15) is 5.26 Å². The number of nitrogens with one attached hydrogen (secondary N) is 1. The van der Waals surface area contributed by atoms with Crippen LogP contribution in [0.3, 0.4) is 0 Å². The molecule has 0 aromatic carbocycles. The quantitative estimate of drug-likeness (QED) is 0.710. The van der Waals surface area contributed by atoms with Gasteiger partial charge in [-0.25, -0.2) is 8.78 Å². The Morgan fingerprint density at radius 2 is 2.23 bits per heavy atom. The van der Waals surface area contributed by atoms with Crippen LogP contribution in [0, 0.1) is 17.2 Å². The van der Waals surface area contributed by atoms with E-state index in [0.29, 0.717) is 12.8 Å². The number of nitriles is 1. The van der Waals surface area contributed by atoms with Crippen molar-refractivity contribution >= 4 is 5.91 Å². The van der Waals surface area contributed by atoms with Crippen LogP contribution in [0.2, 0.25) is 0 Å². The van der Waals surface area contributed by atoms with Crippen molar-refractivity contribution < 1.29 is 13.6 Å². The fraction of sp³-hybridized carbons (Fsp3) is 0.750. The average molecular weight is 190 g/mol. The fourth-order valence-electron chi connectivity index (χ4n) is 0.844. The van der Waals surface area contributed by atoms with Crippen LogP contribution in [-0.2, 0) is 4.79 Å². The summed E-state index contributed by atoms with van der Waals surface area (Å²) in [5, 5.41) is 10.5. The molecule has 13 heavy (non-hydrogen) atoms. The van der Waals surface area contributed by atoms with Crippen LogP contribution < -0.4 is 5.32 Å². The molecule has 5 heteroatoms. The van der Waals surface area contributed by atoms with Crippen molar-refractivity contribution in [1.29, 1.82) is 5.26 Å². The monoisotopic (exact) mass is 190 g/mol. The lowest BCUT2D eigenvalue weighted by molar-refractivity contribution is -0.124. The van der Waals surface area contributed by atoms with Gasteiger partial charge in [0.1, 0.15) is 5.92 Å². The molecular weight excluding hydrogens is 178 g/mol. The number of hydrogen-bond acceptors (Lipinski definition) is 2. The molecule has 0 aromatic heterocycles. The van der Waals surface area contributed by atoms with Gasteiger partial charge >= 0.3 is 0 Å². The normalized spacial score (nSPS) is 12.2. The number of amides is 1. The van der Waals surface area contributed by atoms with E-state index in [1.54, 1.807) is 6.07 Å². The molecule has 0 aromatic rings.